The highest BCUT2D eigenvalue weighted by Gasteiger charge is 2.31. The Kier molecular flexibility index (Phi) is 10.0. The van der Waals surface area contributed by atoms with Crippen LogP contribution in [-0.4, -0.2) is 63.0 Å². The number of hydrogen-bond acceptors (Lipinski definition) is 6. The molecule has 0 unspecified atom stereocenters. The Bertz CT molecular complexity index is 2440. The average molecular weight is 724 g/mol. The third-order valence-corrected chi connectivity index (χ3v) is 11.3. The van der Waals surface area contributed by atoms with Gasteiger partial charge in [-0.3, -0.25) is 9.10 Å². The van der Waals surface area contributed by atoms with Gasteiger partial charge in [0, 0.05) is 60.4 Å². The molecule has 5 aromatic carbocycles. The van der Waals surface area contributed by atoms with Crippen LogP contribution in [0.2, 0.25) is 0 Å². The SMILES string of the molecule is Cc1c(C(=O)O)oc2ccc(S(=O)(=O)N(CCc3ccccc3)c3ccccc3N3CCN(C(=O)c4ccc(C#Cc5ccccc5)cc4)CC3)cc12. The number of aryl methyl sites for hydroxylation is 1. The molecule has 1 aromatic heterocycles. The predicted molar refractivity (Wildman–Crippen MR) is 206 cm³/mol. The molecule has 0 aliphatic carbocycles. The van der Waals surface area contributed by atoms with E-state index in [1.807, 2.05) is 102 Å². The lowest BCUT2D eigenvalue weighted by Gasteiger charge is -2.38. The first-order valence-corrected chi connectivity index (χ1v) is 18.8. The second-order valence-corrected chi connectivity index (χ2v) is 14.7. The molecule has 1 amide bonds. The molecule has 0 saturated carbocycles. The molecular weight excluding hydrogens is 687 g/mol. The van der Waals surface area contributed by atoms with E-state index in [9.17, 15) is 23.1 Å². The minimum absolute atomic E-state index is 0.0289. The van der Waals surface area contributed by atoms with E-state index in [1.54, 1.807) is 19.1 Å². The number of carboxylic acid groups (broad SMARTS) is 1. The van der Waals surface area contributed by atoms with Crippen molar-refractivity contribution in [2.75, 3.05) is 41.9 Å². The monoisotopic (exact) mass is 723 g/mol. The summed E-state index contributed by atoms with van der Waals surface area (Å²) in [4.78, 5) is 29.2. The fraction of sp³-hybridized carbons (Fsp3) is 0.163. The van der Waals surface area contributed by atoms with Gasteiger partial charge >= 0.3 is 5.97 Å². The molecule has 0 atom stereocenters. The number of furan rings is 1. The molecule has 1 aliphatic heterocycles. The van der Waals surface area contributed by atoms with E-state index < -0.39 is 16.0 Å². The highest BCUT2D eigenvalue weighted by atomic mass is 32.2. The van der Waals surface area contributed by atoms with Crippen LogP contribution in [0.15, 0.2) is 137 Å². The van der Waals surface area contributed by atoms with Crippen molar-refractivity contribution < 1.29 is 27.5 Å². The number of carbonyl (C=O) groups excluding carboxylic acids is 1. The van der Waals surface area contributed by atoms with Gasteiger partial charge in [-0.2, -0.15) is 0 Å². The van der Waals surface area contributed by atoms with Gasteiger partial charge in [0.15, 0.2) is 0 Å². The molecule has 53 heavy (non-hydrogen) atoms. The third kappa shape index (κ3) is 7.52. The van der Waals surface area contributed by atoms with Gasteiger partial charge in [-0.25, -0.2) is 13.2 Å². The number of aromatic carboxylic acids is 1. The first kappa shape index (κ1) is 35.1. The molecule has 266 valence electrons. The molecule has 10 heteroatoms. The maximum Gasteiger partial charge on any atom is 0.372 e. The molecule has 1 saturated heterocycles. The van der Waals surface area contributed by atoms with Crippen molar-refractivity contribution in [1.29, 1.82) is 0 Å². The van der Waals surface area contributed by atoms with Gasteiger partial charge in [0.05, 0.1) is 16.3 Å². The van der Waals surface area contributed by atoms with E-state index in [4.69, 9.17) is 4.42 Å². The zero-order chi connectivity index (χ0) is 37.0. The number of rotatable bonds is 9. The molecule has 7 rings (SSSR count). The highest BCUT2D eigenvalue weighted by molar-refractivity contribution is 7.92. The number of benzene rings is 5. The van der Waals surface area contributed by atoms with Crippen LogP contribution in [0, 0.1) is 18.8 Å². The number of amides is 1. The highest BCUT2D eigenvalue weighted by Crippen LogP contribution is 2.36. The zero-order valence-electron chi connectivity index (χ0n) is 29.1. The quantitative estimate of drug-likeness (QED) is 0.157. The number of para-hydroxylation sites is 2. The zero-order valence-corrected chi connectivity index (χ0v) is 29.9. The fourth-order valence-corrected chi connectivity index (χ4v) is 8.08. The molecule has 2 heterocycles. The maximum atomic E-state index is 14.6. The summed E-state index contributed by atoms with van der Waals surface area (Å²) in [6.45, 7) is 3.71. The van der Waals surface area contributed by atoms with Crippen molar-refractivity contribution >= 4 is 44.2 Å². The fourth-order valence-electron chi connectivity index (χ4n) is 6.57. The Morgan fingerprint density at radius 1 is 0.774 bits per heavy atom. The molecule has 9 nitrogen and oxygen atoms in total. The normalized spacial score (nSPS) is 13.0. The summed E-state index contributed by atoms with van der Waals surface area (Å²) in [5, 5.41) is 10.0. The van der Waals surface area contributed by atoms with Crippen LogP contribution in [0.1, 0.15) is 43.2 Å². The molecular formula is C43H37N3O6S. The molecule has 0 radical (unpaired) electrons. The first-order chi connectivity index (χ1) is 25.7. The Labute approximate surface area is 308 Å². The second kappa shape index (κ2) is 15.1. The van der Waals surface area contributed by atoms with Crippen LogP contribution in [0.5, 0.6) is 0 Å². The molecule has 1 N–H and O–H groups in total. The summed E-state index contributed by atoms with van der Waals surface area (Å²) in [6, 6.07) is 38.6. The summed E-state index contributed by atoms with van der Waals surface area (Å²) in [7, 11) is -4.15. The average Bonchev–Trinajstić information content (AvgIpc) is 3.54. The van der Waals surface area contributed by atoms with Crippen molar-refractivity contribution in [3.63, 3.8) is 0 Å². The number of anilines is 2. The van der Waals surface area contributed by atoms with Crippen LogP contribution < -0.4 is 9.21 Å². The number of fused-ring (bicyclic) bond motifs is 1. The van der Waals surface area contributed by atoms with Gasteiger partial charge < -0.3 is 19.3 Å². The van der Waals surface area contributed by atoms with Gasteiger partial charge in [0.2, 0.25) is 5.76 Å². The Morgan fingerprint density at radius 3 is 2.08 bits per heavy atom. The predicted octanol–water partition coefficient (Wildman–Crippen LogP) is 7.24. The van der Waals surface area contributed by atoms with Crippen molar-refractivity contribution in [3.05, 3.63) is 161 Å². The van der Waals surface area contributed by atoms with Gasteiger partial charge in [-0.15, -0.1) is 0 Å². The summed E-state index contributed by atoms with van der Waals surface area (Å²) < 4.78 is 36.2. The Hall–Kier alpha value is -6.31. The maximum absolute atomic E-state index is 14.6. The number of hydrogen-bond donors (Lipinski definition) is 1. The van der Waals surface area contributed by atoms with E-state index >= 15 is 0 Å². The molecule has 6 aromatic rings. The lowest BCUT2D eigenvalue weighted by Crippen LogP contribution is -2.49. The summed E-state index contributed by atoms with van der Waals surface area (Å²) in [6.07, 6.45) is 0.462. The number of carboxylic acids is 1. The van der Waals surface area contributed by atoms with Crippen molar-refractivity contribution in [1.82, 2.24) is 4.90 Å². The van der Waals surface area contributed by atoms with E-state index in [-0.39, 0.29) is 23.1 Å². The van der Waals surface area contributed by atoms with E-state index in [1.165, 1.54) is 22.5 Å². The number of sulfonamides is 1. The van der Waals surface area contributed by atoms with Crippen LogP contribution in [0.25, 0.3) is 11.0 Å². The summed E-state index contributed by atoms with van der Waals surface area (Å²) >= 11 is 0. The molecule has 0 bridgehead atoms. The lowest BCUT2D eigenvalue weighted by atomic mass is 10.1. The molecule has 0 spiro atoms. The van der Waals surface area contributed by atoms with Crippen LogP contribution >= 0.6 is 0 Å². The summed E-state index contributed by atoms with van der Waals surface area (Å²) in [5.74, 6) is 4.78. The standard InChI is InChI=1S/C43H37N3O6S/c1-31-37-30-36(22-23-40(37)52-41(31)43(48)49)53(50,51)46(25-24-33-12-6-3-7-13-33)39-15-9-8-14-38(39)44-26-28-45(29-27-44)42(47)35-20-18-34(19-21-35)17-16-32-10-4-2-5-11-32/h2-15,18-23,30H,24-29H2,1H3,(H,48,49). The lowest BCUT2D eigenvalue weighted by molar-refractivity contribution is 0.0663. The van der Waals surface area contributed by atoms with Gasteiger partial charge in [0.25, 0.3) is 15.9 Å². The minimum atomic E-state index is -4.15. The van der Waals surface area contributed by atoms with Crippen molar-refractivity contribution in [2.45, 2.75) is 18.2 Å². The number of nitrogens with zero attached hydrogens (tertiary/aromatic N) is 3. The topological polar surface area (TPSA) is 111 Å². The number of carbonyl (C=O) groups is 2. The smallest absolute Gasteiger partial charge is 0.372 e. The van der Waals surface area contributed by atoms with Crippen molar-refractivity contribution in [2.24, 2.45) is 0 Å². The number of piperazine rings is 1. The van der Waals surface area contributed by atoms with E-state index in [2.05, 4.69) is 16.7 Å². The van der Waals surface area contributed by atoms with E-state index in [0.717, 1.165) is 22.4 Å². The van der Waals surface area contributed by atoms with Crippen LogP contribution in [0.4, 0.5) is 11.4 Å². The van der Waals surface area contributed by atoms with Crippen LogP contribution in [0.3, 0.4) is 0 Å². The van der Waals surface area contributed by atoms with Gasteiger partial charge in [0.1, 0.15) is 5.58 Å². The van der Waals surface area contributed by atoms with Crippen LogP contribution in [-0.2, 0) is 16.4 Å². The second-order valence-electron chi connectivity index (χ2n) is 12.8. The minimum Gasteiger partial charge on any atom is -0.475 e. The third-order valence-electron chi connectivity index (χ3n) is 9.45. The first-order valence-electron chi connectivity index (χ1n) is 17.3. The van der Waals surface area contributed by atoms with Gasteiger partial charge in [-0.1, -0.05) is 72.5 Å². The molecule has 1 aliphatic rings. The Balaban J connectivity index is 1.13. The van der Waals surface area contributed by atoms with Crippen molar-refractivity contribution in [3.8, 4) is 11.8 Å². The largest absolute Gasteiger partial charge is 0.475 e. The van der Waals surface area contributed by atoms with Gasteiger partial charge in [-0.05, 0) is 85.6 Å². The van der Waals surface area contributed by atoms with E-state index in [0.29, 0.717) is 60.4 Å². The summed E-state index contributed by atoms with van der Waals surface area (Å²) in [5.41, 5.74) is 5.24. The Morgan fingerprint density at radius 2 is 1.40 bits per heavy atom. The molecule has 1 fully saturated rings.